The summed E-state index contributed by atoms with van der Waals surface area (Å²) in [6, 6.07) is 15.6. The first kappa shape index (κ1) is 19.5. The van der Waals surface area contributed by atoms with Gasteiger partial charge < -0.3 is 9.64 Å². The highest BCUT2D eigenvalue weighted by Gasteiger charge is 2.13. The van der Waals surface area contributed by atoms with E-state index in [1.54, 1.807) is 34.1 Å². The summed E-state index contributed by atoms with van der Waals surface area (Å²) >= 11 is 3.31. The lowest BCUT2D eigenvalue weighted by Crippen LogP contribution is -2.26. The van der Waals surface area contributed by atoms with Crippen LogP contribution in [0.3, 0.4) is 0 Å². The predicted molar refractivity (Wildman–Crippen MR) is 112 cm³/mol. The molecule has 0 aliphatic rings. The lowest BCUT2D eigenvalue weighted by molar-refractivity contribution is 0.0784. The summed E-state index contributed by atoms with van der Waals surface area (Å²) in [5.74, 6) is 0.642. The molecule has 1 aromatic heterocycles. The van der Waals surface area contributed by atoms with Crippen molar-refractivity contribution in [3.8, 4) is 5.75 Å². The van der Waals surface area contributed by atoms with Gasteiger partial charge in [0, 0.05) is 29.4 Å². The molecule has 140 valence electrons. The number of nitrogens with zero attached hydrogens (tertiary/aromatic N) is 2. The number of thioether (sulfide) groups is 1. The van der Waals surface area contributed by atoms with Crippen LogP contribution in [0.1, 0.15) is 26.6 Å². The maximum Gasteiger partial charge on any atom is 0.254 e. The van der Waals surface area contributed by atoms with Crippen molar-refractivity contribution in [3.05, 3.63) is 75.7 Å². The fourth-order valence-electron chi connectivity index (χ4n) is 2.65. The second-order valence-corrected chi connectivity index (χ2v) is 8.13. The Morgan fingerprint density at radius 3 is 2.67 bits per heavy atom. The second kappa shape index (κ2) is 9.06. The number of ether oxygens (including phenoxy) is 1. The van der Waals surface area contributed by atoms with Crippen molar-refractivity contribution in [2.45, 2.75) is 25.0 Å². The minimum Gasteiger partial charge on any atom is -0.487 e. The highest BCUT2D eigenvalue weighted by molar-refractivity contribution is 7.98. The SMILES string of the molecule is CSc1ccc(CN(C)C(=O)c2cccc(OCc3csc(C)n3)c2)cc1. The van der Waals surface area contributed by atoms with Crippen LogP contribution < -0.4 is 4.74 Å². The van der Waals surface area contributed by atoms with E-state index in [4.69, 9.17) is 4.74 Å². The summed E-state index contributed by atoms with van der Waals surface area (Å²) in [6.07, 6.45) is 2.05. The molecule has 0 N–H and O–H groups in total. The zero-order valence-electron chi connectivity index (χ0n) is 15.6. The van der Waals surface area contributed by atoms with Crippen LogP contribution in [0.4, 0.5) is 0 Å². The van der Waals surface area contributed by atoms with Crippen LogP contribution in [0.25, 0.3) is 0 Å². The van der Waals surface area contributed by atoms with Gasteiger partial charge in [0.05, 0.1) is 10.7 Å². The van der Waals surface area contributed by atoms with Gasteiger partial charge in [0.25, 0.3) is 5.91 Å². The van der Waals surface area contributed by atoms with Crippen molar-refractivity contribution in [2.24, 2.45) is 0 Å². The summed E-state index contributed by atoms with van der Waals surface area (Å²) in [4.78, 5) is 20.1. The van der Waals surface area contributed by atoms with Crippen molar-refractivity contribution in [2.75, 3.05) is 13.3 Å². The zero-order valence-corrected chi connectivity index (χ0v) is 17.3. The Labute approximate surface area is 168 Å². The average Bonchev–Trinajstić information content (AvgIpc) is 3.12. The van der Waals surface area contributed by atoms with Crippen molar-refractivity contribution in [3.63, 3.8) is 0 Å². The highest BCUT2D eigenvalue weighted by Crippen LogP contribution is 2.19. The number of carbonyl (C=O) groups is 1. The maximum atomic E-state index is 12.8. The Morgan fingerprint density at radius 1 is 1.22 bits per heavy atom. The fourth-order valence-corrected chi connectivity index (χ4v) is 3.65. The van der Waals surface area contributed by atoms with E-state index >= 15 is 0 Å². The molecule has 0 aliphatic carbocycles. The van der Waals surface area contributed by atoms with Crippen LogP contribution >= 0.6 is 23.1 Å². The first-order valence-electron chi connectivity index (χ1n) is 8.57. The minimum atomic E-state index is -0.0288. The van der Waals surface area contributed by atoms with E-state index in [1.807, 2.05) is 37.6 Å². The molecule has 4 nitrogen and oxygen atoms in total. The van der Waals surface area contributed by atoms with E-state index in [-0.39, 0.29) is 5.91 Å². The van der Waals surface area contributed by atoms with E-state index in [0.717, 1.165) is 16.3 Å². The third-order valence-electron chi connectivity index (χ3n) is 4.06. The van der Waals surface area contributed by atoms with Crippen molar-refractivity contribution >= 4 is 29.0 Å². The molecule has 1 amide bonds. The van der Waals surface area contributed by atoms with Crippen molar-refractivity contribution < 1.29 is 9.53 Å². The summed E-state index contributed by atoms with van der Waals surface area (Å²) in [5, 5.41) is 3.00. The van der Waals surface area contributed by atoms with Crippen LogP contribution in [0.2, 0.25) is 0 Å². The number of hydrogen-bond acceptors (Lipinski definition) is 5. The summed E-state index contributed by atoms with van der Waals surface area (Å²) < 4.78 is 5.79. The zero-order chi connectivity index (χ0) is 19.2. The Balaban J connectivity index is 1.62. The lowest BCUT2D eigenvalue weighted by Gasteiger charge is -2.18. The minimum absolute atomic E-state index is 0.0288. The summed E-state index contributed by atoms with van der Waals surface area (Å²) in [5.41, 5.74) is 2.63. The molecule has 0 spiro atoms. The number of aryl methyl sites for hydroxylation is 1. The molecule has 6 heteroatoms. The maximum absolute atomic E-state index is 12.8. The van der Waals surface area contributed by atoms with Crippen LogP contribution in [-0.4, -0.2) is 29.1 Å². The van der Waals surface area contributed by atoms with Gasteiger partial charge >= 0.3 is 0 Å². The summed E-state index contributed by atoms with van der Waals surface area (Å²) in [7, 11) is 1.82. The number of benzene rings is 2. The molecule has 0 unspecified atom stereocenters. The molecule has 0 aliphatic heterocycles. The first-order valence-corrected chi connectivity index (χ1v) is 10.7. The molecule has 0 radical (unpaired) electrons. The topological polar surface area (TPSA) is 42.4 Å². The predicted octanol–water partition coefficient (Wildman–Crippen LogP) is 5.02. The monoisotopic (exact) mass is 398 g/mol. The number of aromatic nitrogens is 1. The lowest BCUT2D eigenvalue weighted by atomic mass is 10.1. The van der Waals surface area contributed by atoms with Crippen LogP contribution in [0, 0.1) is 6.92 Å². The van der Waals surface area contributed by atoms with E-state index in [0.29, 0.717) is 24.5 Å². The molecule has 3 aromatic rings. The average molecular weight is 399 g/mol. The molecule has 0 saturated carbocycles. The standard InChI is InChI=1S/C21H22N2O2S2/c1-15-22-18(14-27-15)13-25-19-6-4-5-17(11-19)21(24)23(2)12-16-7-9-20(26-3)10-8-16/h4-11,14H,12-13H2,1-3H3. The van der Waals surface area contributed by atoms with Gasteiger partial charge in [-0.1, -0.05) is 18.2 Å². The number of thiazole rings is 1. The second-order valence-electron chi connectivity index (χ2n) is 6.18. The Kier molecular flexibility index (Phi) is 6.53. The molecule has 0 saturated heterocycles. The van der Waals surface area contributed by atoms with Crippen LogP contribution in [0.5, 0.6) is 5.75 Å². The fraction of sp³-hybridized carbons (Fsp3) is 0.238. The molecular weight excluding hydrogens is 376 g/mol. The van der Waals surface area contributed by atoms with E-state index < -0.39 is 0 Å². The number of hydrogen-bond donors (Lipinski definition) is 0. The first-order chi connectivity index (χ1) is 13.0. The van der Waals surface area contributed by atoms with Crippen LogP contribution in [0.15, 0.2) is 58.8 Å². The number of amides is 1. The van der Waals surface area contributed by atoms with Gasteiger partial charge in [0.2, 0.25) is 0 Å². The van der Waals surface area contributed by atoms with Gasteiger partial charge in [-0.05, 0) is 49.1 Å². The highest BCUT2D eigenvalue weighted by atomic mass is 32.2. The molecule has 0 atom stereocenters. The largest absolute Gasteiger partial charge is 0.487 e. The molecule has 2 aromatic carbocycles. The van der Waals surface area contributed by atoms with E-state index in [9.17, 15) is 4.79 Å². The summed E-state index contributed by atoms with van der Waals surface area (Å²) in [6.45, 7) is 2.94. The smallest absolute Gasteiger partial charge is 0.254 e. The van der Waals surface area contributed by atoms with Crippen molar-refractivity contribution in [1.29, 1.82) is 0 Å². The van der Waals surface area contributed by atoms with E-state index in [1.165, 1.54) is 4.90 Å². The number of rotatable bonds is 7. The third kappa shape index (κ3) is 5.34. The third-order valence-corrected chi connectivity index (χ3v) is 5.63. The van der Waals surface area contributed by atoms with Gasteiger partial charge in [-0.2, -0.15) is 0 Å². The Bertz CT molecular complexity index is 907. The molecule has 0 bridgehead atoms. The van der Waals surface area contributed by atoms with Crippen molar-refractivity contribution in [1.82, 2.24) is 9.88 Å². The molecule has 27 heavy (non-hydrogen) atoms. The van der Waals surface area contributed by atoms with Gasteiger partial charge in [0.1, 0.15) is 12.4 Å². The van der Waals surface area contributed by atoms with Gasteiger partial charge in [-0.25, -0.2) is 4.98 Å². The van der Waals surface area contributed by atoms with Gasteiger partial charge in [-0.15, -0.1) is 23.1 Å². The van der Waals surface area contributed by atoms with E-state index in [2.05, 4.69) is 35.5 Å². The Hall–Kier alpha value is -2.31. The van der Waals surface area contributed by atoms with Gasteiger partial charge in [0.15, 0.2) is 0 Å². The normalized spacial score (nSPS) is 10.6. The molecular formula is C21H22N2O2S2. The van der Waals surface area contributed by atoms with Gasteiger partial charge in [-0.3, -0.25) is 4.79 Å². The number of carbonyl (C=O) groups excluding carboxylic acids is 1. The molecule has 0 fully saturated rings. The van der Waals surface area contributed by atoms with Crippen LogP contribution in [-0.2, 0) is 13.2 Å². The molecule has 3 rings (SSSR count). The Morgan fingerprint density at radius 2 is 2.00 bits per heavy atom. The quantitative estimate of drug-likeness (QED) is 0.524. The molecule has 1 heterocycles.